The van der Waals surface area contributed by atoms with E-state index in [4.69, 9.17) is 37.0 Å². The number of phosphoric acid groups is 2. The van der Waals surface area contributed by atoms with Crippen LogP contribution in [0, 0.1) is 0 Å². The zero-order valence-electron chi connectivity index (χ0n) is 66.4. The van der Waals surface area contributed by atoms with Gasteiger partial charge in [0, 0.05) is 25.7 Å². The normalized spacial score (nSPS) is 14.9. The van der Waals surface area contributed by atoms with Crippen LogP contribution in [-0.2, 0) is 65.4 Å². The second kappa shape index (κ2) is 78.8. The van der Waals surface area contributed by atoms with E-state index in [-0.39, 0.29) is 25.7 Å². The monoisotopic (exact) mass is 1540 g/mol. The zero-order valence-corrected chi connectivity index (χ0v) is 68.2. The van der Waals surface area contributed by atoms with Crippen molar-refractivity contribution in [3.63, 3.8) is 0 Å². The van der Waals surface area contributed by atoms with E-state index in [1.807, 2.05) is 36.5 Å². The van der Waals surface area contributed by atoms with Crippen LogP contribution in [0.5, 0.6) is 0 Å². The quantitative estimate of drug-likeness (QED) is 0.0169. The molecule has 0 saturated carbocycles. The number of phosphoric ester groups is 2. The van der Waals surface area contributed by atoms with E-state index < -0.39 is 97.5 Å². The molecule has 0 aromatic heterocycles. The molecule has 0 aliphatic heterocycles. The predicted octanol–water partition coefficient (Wildman–Crippen LogP) is 23.9. The van der Waals surface area contributed by atoms with Crippen LogP contribution in [0.2, 0.25) is 0 Å². The molecule has 108 heavy (non-hydrogen) atoms. The van der Waals surface area contributed by atoms with Crippen LogP contribution in [-0.4, -0.2) is 96.7 Å². The largest absolute Gasteiger partial charge is 0.472 e. The maximum absolute atomic E-state index is 13.1. The minimum atomic E-state index is -5.02. The molecule has 0 bridgehead atoms. The first-order valence-electron chi connectivity index (χ1n) is 40.3. The van der Waals surface area contributed by atoms with Crippen molar-refractivity contribution in [3.8, 4) is 0 Å². The summed E-state index contributed by atoms with van der Waals surface area (Å²) >= 11 is 0. The van der Waals surface area contributed by atoms with E-state index in [0.29, 0.717) is 38.5 Å². The minimum Gasteiger partial charge on any atom is -0.462 e. The summed E-state index contributed by atoms with van der Waals surface area (Å²) in [7, 11) is -10.0. The third-order valence-electron chi connectivity index (χ3n) is 15.8. The van der Waals surface area contributed by atoms with E-state index in [1.54, 1.807) is 0 Å². The summed E-state index contributed by atoms with van der Waals surface area (Å²) in [5.41, 5.74) is 0. The molecule has 5 atom stereocenters. The topological polar surface area (TPSA) is 237 Å². The van der Waals surface area contributed by atoms with E-state index in [0.717, 1.165) is 161 Å². The van der Waals surface area contributed by atoms with Gasteiger partial charge in [0.1, 0.15) is 19.3 Å². The lowest BCUT2D eigenvalue weighted by Crippen LogP contribution is -2.30. The molecule has 5 unspecified atom stereocenters. The average Bonchev–Trinajstić information content (AvgIpc) is 0.923. The molecule has 0 radical (unpaired) electrons. The second-order valence-electron chi connectivity index (χ2n) is 25.9. The molecule has 17 nitrogen and oxygen atoms in total. The van der Waals surface area contributed by atoms with Gasteiger partial charge in [-0.3, -0.25) is 37.3 Å². The molecule has 0 rings (SSSR count). The molecular weight excluding hydrogens is 1400 g/mol. The summed E-state index contributed by atoms with van der Waals surface area (Å²) in [6.07, 6.45) is 98.3. The first kappa shape index (κ1) is 102. The number of carbonyl (C=O) groups excluding carboxylic acids is 4. The Morgan fingerprint density at radius 2 is 0.500 bits per heavy atom. The molecule has 0 aromatic rings. The Morgan fingerprint density at radius 3 is 0.778 bits per heavy atom. The van der Waals surface area contributed by atoms with Gasteiger partial charge in [0.25, 0.3) is 0 Å². The average molecular weight is 1540 g/mol. The number of hydrogen-bond acceptors (Lipinski definition) is 15. The number of carbonyl (C=O) groups is 4. The number of aliphatic hydroxyl groups is 1. The van der Waals surface area contributed by atoms with Crippen LogP contribution in [0.15, 0.2) is 207 Å². The highest BCUT2D eigenvalue weighted by molar-refractivity contribution is 7.47. The van der Waals surface area contributed by atoms with Gasteiger partial charge in [0.05, 0.1) is 26.4 Å². The minimum absolute atomic E-state index is 0.0222. The van der Waals surface area contributed by atoms with Gasteiger partial charge in [-0.25, -0.2) is 9.13 Å². The molecule has 0 aliphatic carbocycles. The maximum Gasteiger partial charge on any atom is 0.472 e. The molecule has 0 saturated heterocycles. The van der Waals surface area contributed by atoms with Gasteiger partial charge in [-0.05, 0) is 167 Å². The lowest BCUT2D eigenvalue weighted by Gasteiger charge is -2.21. The van der Waals surface area contributed by atoms with Gasteiger partial charge < -0.3 is 33.8 Å². The number of ether oxygens (including phenoxy) is 4. The van der Waals surface area contributed by atoms with Crippen molar-refractivity contribution in [1.82, 2.24) is 0 Å². The summed E-state index contributed by atoms with van der Waals surface area (Å²) in [4.78, 5) is 73.0. The number of allylic oxidation sites excluding steroid dienone is 34. The van der Waals surface area contributed by atoms with Crippen LogP contribution in [0.4, 0.5) is 0 Å². The number of rotatable bonds is 73. The van der Waals surface area contributed by atoms with Crippen LogP contribution < -0.4 is 0 Å². The van der Waals surface area contributed by atoms with E-state index in [2.05, 4.69) is 198 Å². The summed E-state index contributed by atoms with van der Waals surface area (Å²) in [5.74, 6) is -2.43. The molecule has 608 valence electrons. The van der Waals surface area contributed by atoms with Crippen molar-refractivity contribution in [3.05, 3.63) is 207 Å². The first-order chi connectivity index (χ1) is 52.7. The van der Waals surface area contributed by atoms with Crippen LogP contribution in [0.3, 0.4) is 0 Å². The molecule has 0 aromatic carbocycles. The second-order valence-corrected chi connectivity index (χ2v) is 28.8. The highest BCUT2D eigenvalue weighted by Gasteiger charge is 2.30. The van der Waals surface area contributed by atoms with E-state index >= 15 is 0 Å². The van der Waals surface area contributed by atoms with Gasteiger partial charge >= 0.3 is 39.5 Å². The van der Waals surface area contributed by atoms with Gasteiger partial charge in [0.2, 0.25) is 0 Å². The molecule has 0 heterocycles. The van der Waals surface area contributed by atoms with Crippen molar-refractivity contribution in [2.75, 3.05) is 39.6 Å². The van der Waals surface area contributed by atoms with Gasteiger partial charge in [-0.2, -0.15) is 0 Å². The number of aliphatic hydroxyl groups excluding tert-OH is 1. The third kappa shape index (κ3) is 77.8. The SMILES string of the molecule is CC/C=C\C/C=C\C/C=C\C/C=C\C/C=C\C/C=C\CCC(=O)OCC(COP(=O)(O)OCC(O)COP(=O)(O)OCC(COC(=O)CC/C=C\C/C=C\C/C=C\C/C=C\C/C=C\C/C=C\CC)OC(=O)CCCCCCC/C=C\C/C=C\CCCCC)OC(=O)CCCCCCC/C=C\C/C=C\C/C=C\CC. The standard InChI is InChI=1S/C89H140O17P2/c1-5-9-13-17-21-25-29-33-37-39-41-43-47-49-53-57-61-65-69-73-86(91)99-79-84(105-88(93)75-71-67-63-59-55-51-45-35-31-27-23-19-15-11-7-3)81-103-107(95,96)101-77-83(90)78-102-108(97,98)104-82-85(106-89(94)76-72-68-64-60-56-52-46-36-32-28-24-20-16-12-8-4)80-100-87(92)74-70-66-62-58-54-50-48-44-42-40-38-34-30-26-22-18-14-10-6-2/h9-11,13-15,21-28,33-38,41-46,49-50,53-54,61-62,65-66,83-85,90H,5-8,12,16-20,29-32,39-40,47-48,51-52,55-60,63-64,67-82H2,1-4H3,(H,95,96)(H,97,98)/b13-9-,14-10-,15-11-,25-21-,26-22-,27-23-,28-24-,37-33-,38-34-,43-41-,44-42-,45-35-,46-36-,53-49-,54-50-,65-61-,66-62-. The molecular formula is C89H140O17P2. The highest BCUT2D eigenvalue weighted by Crippen LogP contribution is 2.45. The van der Waals surface area contributed by atoms with Crippen molar-refractivity contribution >= 4 is 39.5 Å². The molecule has 0 amide bonds. The fourth-order valence-electron chi connectivity index (χ4n) is 9.73. The molecule has 0 spiro atoms. The van der Waals surface area contributed by atoms with Crippen molar-refractivity contribution in [1.29, 1.82) is 0 Å². The summed E-state index contributed by atoms with van der Waals surface area (Å²) < 4.78 is 68.5. The fourth-order valence-corrected chi connectivity index (χ4v) is 11.3. The summed E-state index contributed by atoms with van der Waals surface area (Å²) in [6, 6.07) is 0. The third-order valence-corrected chi connectivity index (χ3v) is 17.7. The van der Waals surface area contributed by atoms with Crippen LogP contribution in [0.1, 0.15) is 272 Å². The molecule has 19 heteroatoms. The lowest BCUT2D eigenvalue weighted by molar-refractivity contribution is -0.161. The van der Waals surface area contributed by atoms with Gasteiger partial charge in [-0.15, -0.1) is 0 Å². The van der Waals surface area contributed by atoms with Gasteiger partial charge in [0.15, 0.2) is 12.2 Å². The van der Waals surface area contributed by atoms with Crippen LogP contribution in [0.25, 0.3) is 0 Å². The van der Waals surface area contributed by atoms with E-state index in [1.165, 1.54) is 19.3 Å². The Balaban J connectivity index is 5.54. The number of esters is 4. The molecule has 0 fully saturated rings. The predicted molar refractivity (Wildman–Crippen MR) is 445 cm³/mol. The fraction of sp³-hybridized carbons (Fsp3) is 0.573. The van der Waals surface area contributed by atoms with Gasteiger partial charge in [-0.1, -0.05) is 286 Å². The lowest BCUT2D eigenvalue weighted by atomic mass is 10.1. The zero-order chi connectivity index (χ0) is 78.9. The Kier molecular flexibility index (Phi) is 74.1. The number of unbranched alkanes of at least 4 members (excludes halogenated alkanes) is 13. The summed E-state index contributed by atoms with van der Waals surface area (Å²) in [6.45, 7) is 4.27. The maximum atomic E-state index is 13.1. The van der Waals surface area contributed by atoms with Crippen LogP contribution >= 0.6 is 15.6 Å². The highest BCUT2D eigenvalue weighted by atomic mass is 31.2. The van der Waals surface area contributed by atoms with Crippen molar-refractivity contribution in [2.24, 2.45) is 0 Å². The first-order valence-corrected chi connectivity index (χ1v) is 43.3. The summed E-state index contributed by atoms with van der Waals surface area (Å²) in [5, 5.41) is 10.6. The smallest absolute Gasteiger partial charge is 0.462 e. The van der Waals surface area contributed by atoms with Crippen molar-refractivity contribution in [2.45, 2.75) is 290 Å². The molecule has 0 aliphatic rings. The Labute approximate surface area is 652 Å². The Morgan fingerprint density at radius 1 is 0.269 bits per heavy atom. The molecule has 3 N–H and O–H groups in total. The van der Waals surface area contributed by atoms with E-state index in [9.17, 15) is 43.2 Å². The van der Waals surface area contributed by atoms with Crippen molar-refractivity contribution < 1.29 is 80.2 Å². The number of hydrogen-bond donors (Lipinski definition) is 3. The Hall–Kier alpha value is -6.36. The Bertz CT molecular complexity index is 2860.